The molecule has 30 heavy (non-hydrogen) atoms. The number of carbonyl (C=O) groups excluding carboxylic acids is 2. The average molecular weight is 412 g/mol. The van der Waals surface area contributed by atoms with Gasteiger partial charge in [0.2, 0.25) is 11.7 Å². The molecule has 1 aliphatic rings. The fraction of sp³-hybridized carbons (Fsp3) is 0.391. The molecular formula is C23H28N2O5. The third-order valence-electron chi connectivity index (χ3n) is 5.13. The number of nitrogens with one attached hydrogen (secondary N) is 1. The van der Waals surface area contributed by atoms with Crippen molar-refractivity contribution in [3.05, 3.63) is 53.1 Å². The first-order chi connectivity index (χ1) is 14.4. The van der Waals surface area contributed by atoms with Crippen molar-refractivity contribution in [3.63, 3.8) is 0 Å². The number of carbonyl (C=O) groups is 2. The van der Waals surface area contributed by atoms with E-state index in [-0.39, 0.29) is 24.3 Å². The van der Waals surface area contributed by atoms with Gasteiger partial charge in [0.05, 0.1) is 33.8 Å². The maximum Gasteiger partial charge on any atom is 0.255 e. The first-order valence-corrected chi connectivity index (χ1v) is 9.87. The molecule has 7 nitrogen and oxygen atoms in total. The lowest BCUT2D eigenvalue weighted by Gasteiger charge is -2.29. The van der Waals surface area contributed by atoms with Gasteiger partial charge in [-0.2, -0.15) is 0 Å². The van der Waals surface area contributed by atoms with Crippen LogP contribution in [-0.4, -0.2) is 44.1 Å². The van der Waals surface area contributed by atoms with Gasteiger partial charge in [0.25, 0.3) is 5.91 Å². The van der Waals surface area contributed by atoms with E-state index in [2.05, 4.69) is 5.32 Å². The molecule has 0 radical (unpaired) electrons. The Kier molecular flexibility index (Phi) is 6.50. The van der Waals surface area contributed by atoms with Crippen molar-refractivity contribution in [1.82, 2.24) is 10.2 Å². The molecule has 0 saturated carbocycles. The molecule has 2 aromatic rings. The summed E-state index contributed by atoms with van der Waals surface area (Å²) >= 11 is 0. The Labute approximate surface area is 176 Å². The number of benzene rings is 2. The quantitative estimate of drug-likeness (QED) is 0.720. The fourth-order valence-corrected chi connectivity index (χ4v) is 3.79. The second-order valence-corrected chi connectivity index (χ2v) is 7.49. The number of methoxy groups -OCH3 is 3. The molecule has 0 aromatic heterocycles. The smallest absolute Gasteiger partial charge is 0.255 e. The lowest BCUT2D eigenvalue weighted by molar-refractivity contribution is -0.122. The number of rotatable bonds is 8. The van der Waals surface area contributed by atoms with E-state index in [4.69, 9.17) is 14.2 Å². The largest absolute Gasteiger partial charge is 0.493 e. The summed E-state index contributed by atoms with van der Waals surface area (Å²) in [6.45, 7) is 4.25. The summed E-state index contributed by atoms with van der Waals surface area (Å²) < 4.78 is 16.4. The van der Waals surface area contributed by atoms with Gasteiger partial charge >= 0.3 is 0 Å². The van der Waals surface area contributed by atoms with Gasteiger partial charge in [-0.1, -0.05) is 18.2 Å². The van der Waals surface area contributed by atoms with E-state index in [1.165, 1.54) is 7.11 Å². The van der Waals surface area contributed by atoms with E-state index < -0.39 is 6.04 Å². The number of nitrogens with zero attached hydrogens (tertiary/aromatic N) is 1. The molecule has 1 atom stereocenters. The topological polar surface area (TPSA) is 77.1 Å². The third-order valence-corrected chi connectivity index (χ3v) is 5.13. The summed E-state index contributed by atoms with van der Waals surface area (Å²) in [6, 6.07) is 10.6. The zero-order chi connectivity index (χ0) is 21.8. The minimum atomic E-state index is -0.489. The molecule has 0 saturated heterocycles. The third kappa shape index (κ3) is 4.20. The van der Waals surface area contributed by atoms with Crippen LogP contribution in [0.1, 0.15) is 47.8 Å². The summed E-state index contributed by atoms with van der Waals surface area (Å²) in [6.07, 6.45) is 0.122. The Morgan fingerprint density at radius 3 is 2.23 bits per heavy atom. The number of hydrogen-bond acceptors (Lipinski definition) is 5. The number of fused-ring (bicyclic) bond motifs is 1. The Bertz CT molecular complexity index is 916. The van der Waals surface area contributed by atoms with E-state index in [9.17, 15) is 9.59 Å². The predicted molar refractivity (Wildman–Crippen MR) is 113 cm³/mol. The monoisotopic (exact) mass is 412 g/mol. The van der Waals surface area contributed by atoms with Crippen molar-refractivity contribution in [2.24, 2.45) is 0 Å². The van der Waals surface area contributed by atoms with E-state index >= 15 is 0 Å². The van der Waals surface area contributed by atoms with Crippen LogP contribution in [0.25, 0.3) is 0 Å². The lowest BCUT2D eigenvalue weighted by Crippen LogP contribution is -2.36. The van der Waals surface area contributed by atoms with Crippen LogP contribution in [0.15, 0.2) is 36.4 Å². The van der Waals surface area contributed by atoms with Crippen LogP contribution in [0.3, 0.4) is 0 Å². The average Bonchev–Trinajstić information content (AvgIpc) is 3.06. The van der Waals surface area contributed by atoms with E-state index in [0.717, 1.165) is 11.1 Å². The Balaban J connectivity index is 2.05. The molecule has 7 heteroatoms. The van der Waals surface area contributed by atoms with E-state index in [0.29, 0.717) is 29.4 Å². The van der Waals surface area contributed by atoms with Crippen LogP contribution >= 0.6 is 0 Å². The second-order valence-electron chi connectivity index (χ2n) is 7.49. The fourth-order valence-electron chi connectivity index (χ4n) is 3.79. The molecule has 0 fully saturated rings. The van der Waals surface area contributed by atoms with Gasteiger partial charge in [-0.3, -0.25) is 9.59 Å². The molecule has 0 aliphatic carbocycles. The van der Waals surface area contributed by atoms with Crippen LogP contribution in [0.4, 0.5) is 0 Å². The van der Waals surface area contributed by atoms with Gasteiger partial charge in [-0.25, -0.2) is 0 Å². The van der Waals surface area contributed by atoms with Crippen molar-refractivity contribution >= 4 is 11.8 Å². The SMILES string of the molecule is COc1cc([C@H](CC(=O)NC(C)C)N2Cc3ccccc3C2=O)cc(OC)c1OC. The Morgan fingerprint density at radius 1 is 1.07 bits per heavy atom. The molecule has 0 spiro atoms. The molecular weight excluding hydrogens is 384 g/mol. The number of amides is 2. The Hall–Kier alpha value is -3.22. The van der Waals surface area contributed by atoms with Crippen molar-refractivity contribution in [1.29, 1.82) is 0 Å². The summed E-state index contributed by atoms with van der Waals surface area (Å²) in [4.78, 5) is 27.6. The van der Waals surface area contributed by atoms with Gasteiger partial charge in [0, 0.05) is 18.2 Å². The zero-order valence-electron chi connectivity index (χ0n) is 18.0. The van der Waals surface area contributed by atoms with Gasteiger partial charge in [0.15, 0.2) is 11.5 Å². The van der Waals surface area contributed by atoms with Crippen molar-refractivity contribution < 1.29 is 23.8 Å². The van der Waals surface area contributed by atoms with Crippen LogP contribution in [0.5, 0.6) is 17.2 Å². The molecule has 1 N–H and O–H groups in total. The highest BCUT2D eigenvalue weighted by Crippen LogP contribution is 2.42. The van der Waals surface area contributed by atoms with Crippen molar-refractivity contribution in [3.8, 4) is 17.2 Å². The van der Waals surface area contributed by atoms with Gasteiger partial charge in [-0.05, 0) is 43.2 Å². The zero-order valence-corrected chi connectivity index (χ0v) is 18.0. The number of hydrogen-bond donors (Lipinski definition) is 1. The summed E-state index contributed by atoms with van der Waals surface area (Å²) in [7, 11) is 4.62. The highest BCUT2D eigenvalue weighted by atomic mass is 16.5. The highest BCUT2D eigenvalue weighted by molar-refractivity contribution is 5.98. The van der Waals surface area contributed by atoms with Crippen LogP contribution < -0.4 is 19.5 Å². The first-order valence-electron chi connectivity index (χ1n) is 9.87. The minimum absolute atomic E-state index is 0.00423. The molecule has 1 heterocycles. The van der Waals surface area contributed by atoms with E-state index in [1.807, 2.05) is 38.1 Å². The van der Waals surface area contributed by atoms with Gasteiger partial charge < -0.3 is 24.4 Å². The summed E-state index contributed by atoms with van der Waals surface area (Å²) in [5, 5.41) is 2.92. The lowest BCUT2D eigenvalue weighted by atomic mass is 10.00. The standard InChI is InChI=1S/C23H28N2O5/c1-14(2)24-21(26)12-18(25-13-15-8-6-7-9-17(15)23(25)27)16-10-19(28-3)22(30-5)20(11-16)29-4/h6-11,14,18H,12-13H2,1-5H3,(H,24,26)/t18-/m0/s1. The van der Waals surface area contributed by atoms with Crippen LogP contribution in [0, 0.1) is 0 Å². The van der Waals surface area contributed by atoms with Gasteiger partial charge in [0.1, 0.15) is 0 Å². The van der Waals surface area contributed by atoms with Crippen molar-refractivity contribution in [2.45, 2.75) is 38.9 Å². The van der Waals surface area contributed by atoms with Crippen LogP contribution in [0.2, 0.25) is 0 Å². The Morgan fingerprint density at radius 2 is 1.70 bits per heavy atom. The highest BCUT2D eigenvalue weighted by Gasteiger charge is 2.35. The van der Waals surface area contributed by atoms with Crippen LogP contribution in [-0.2, 0) is 11.3 Å². The molecule has 0 unspecified atom stereocenters. The molecule has 160 valence electrons. The summed E-state index contributed by atoms with van der Waals surface area (Å²) in [5.74, 6) is 1.19. The molecule has 1 aliphatic heterocycles. The second kappa shape index (κ2) is 9.07. The van der Waals surface area contributed by atoms with E-state index in [1.54, 1.807) is 31.3 Å². The number of ether oxygens (including phenoxy) is 3. The van der Waals surface area contributed by atoms with Gasteiger partial charge in [-0.15, -0.1) is 0 Å². The normalized spacial score (nSPS) is 13.8. The maximum atomic E-state index is 13.2. The molecule has 2 aromatic carbocycles. The first kappa shape index (κ1) is 21.5. The van der Waals surface area contributed by atoms with Crippen molar-refractivity contribution in [2.75, 3.05) is 21.3 Å². The summed E-state index contributed by atoms with van der Waals surface area (Å²) in [5.41, 5.74) is 2.35. The predicted octanol–water partition coefficient (Wildman–Crippen LogP) is 3.32. The minimum Gasteiger partial charge on any atom is -0.493 e. The molecule has 3 rings (SSSR count). The maximum absolute atomic E-state index is 13.2. The molecule has 2 amide bonds. The molecule has 0 bridgehead atoms.